The van der Waals surface area contributed by atoms with Gasteiger partial charge in [-0.15, -0.1) is 5.73 Å². The lowest BCUT2D eigenvalue weighted by atomic mass is 10.1. The molecule has 1 rings (SSSR count). The van der Waals surface area contributed by atoms with Gasteiger partial charge in [0.05, 0.1) is 12.2 Å². The van der Waals surface area contributed by atoms with Gasteiger partial charge in [-0.3, -0.25) is 4.79 Å². The lowest BCUT2D eigenvalue weighted by Gasteiger charge is -2.08. The summed E-state index contributed by atoms with van der Waals surface area (Å²) in [5.74, 6) is -0.134. The minimum absolute atomic E-state index is 0.134. The van der Waals surface area contributed by atoms with Crippen LogP contribution in [0.25, 0.3) is 5.57 Å². The SMILES string of the molecule is C=C=C(CNC(=O)/C(C)=C/C(=C)c1ccccc1)NC. The van der Waals surface area contributed by atoms with Gasteiger partial charge in [0, 0.05) is 12.6 Å². The van der Waals surface area contributed by atoms with Crippen LogP contribution in [0.5, 0.6) is 0 Å². The molecule has 1 amide bonds. The van der Waals surface area contributed by atoms with E-state index in [4.69, 9.17) is 0 Å². The first-order valence-electron chi connectivity index (χ1n) is 6.36. The second kappa shape index (κ2) is 7.82. The number of hydrogen-bond donors (Lipinski definition) is 2. The Kier molecular flexibility index (Phi) is 6.08. The monoisotopic (exact) mass is 268 g/mol. The van der Waals surface area contributed by atoms with E-state index in [0.717, 1.165) is 16.8 Å². The third-order valence-corrected chi connectivity index (χ3v) is 2.83. The van der Waals surface area contributed by atoms with Gasteiger partial charge < -0.3 is 10.6 Å². The highest BCUT2D eigenvalue weighted by atomic mass is 16.1. The number of carbonyl (C=O) groups excluding carboxylic acids is 1. The van der Waals surface area contributed by atoms with E-state index < -0.39 is 0 Å². The molecule has 0 heterocycles. The van der Waals surface area contributed by atoms with Crippen molar-refractivity contribution in [2.75, 3.05) is 13.6 Å². The molecule has 0 aromatic heterocycles. The molecule has 20 heavy (non-hydrogen) atoms. The Morgan fingerprint density at radius 2 is 2.00 bits per heavy atom. The van der Waals surface area contributed by atoms with E-state index in [1.165, 1.54) is 0 Å². The van der Waals surface area contributed by atoms with E-state index in [1.807, 2.05) is 30.3 Å². The van der Waals surface area contributed by atoms with E-state index in [2.05, 4.69) is 29.5 Å². The Balaban J connectivity index is 2.67. The van der Waals surface area contributed by atoms with Crippen molar-refractivity contribution in [3.8, 4) is 0 Å². The third-order valence-electron chi connectivity index (χ3n) is 2.83. The van der Waals surface area contributed by atoms with Crippen LogP contribution in [0.2, 0.25) is 0 Å². The molecule has 0 atom stereocenters. The highest BCUT2D eigenvalue weighted by molar-refractivity contribution is 5.95. The van der Waals surface area contributed by atoms with Crippen molar-refractivity contribution >= 4 is 11.5 Å². The van der Waals surface area contributed by atoms with Crippen LogP contribution in [0.3, 0.4) is 0 Å². The van der Waals surface area contributed by atoms with Crippen LogP contribution < -0.4 is 10.6 Å². The predicted molar refractivity (Wildman–Crippen MR) is 84.0 cm³/mol. The van der Waals surface area contributed by atoms with Crippen LogP contribution in [0, 0.1) is 0 Å². The summed E-state index contributed by atoms with van der Waals surface area (Å²) in [6.45, 7) is 9.66. The van der Waals surface area contributed by atoms with Gasteiger partial charge in [-0.2, -0.15) is 0 Å². The fourth-order valence-electron chi connectivity index (χ4n) is 1.61. The van der Waals surface area contributed by atoms with E-state index in [9.17, 15) is 4.79 Å². The molecular weight excluding hydrogens is 248 g/mol. The average molecular weight is 268 g/mol. The fraction of sp³-hybridized carbons (Fsp3) is 0.176. The van der Waals surface area contributed by atoms with Crippen LogP contribution >= 0.6 is 0 Å². The number of rotatable bonds is 6. The van der Waals surface area contributed by atoms with Crippen molar-refractivity contribution in [3.63, 3.8) is 0 Å². The van der Waals surface area contributed by atoms with Crippen LogP contribution in [0.15, 0.2) is 66.6 Å². The second-order valence-corrected chi connectivity index (χ2v) is 4.31. The second-order valence-electron chi connectivity index (χ2n) is 4.31. The number of hydrogen-bond acceptors (Lipinski definition) is 2. The van der Waals surface area contributed by atoms with Gasteiger partial charge in [0.1, 0.15) is 0 Å². The highest BCUT2D eigenvalue weighted by Crippen LogP contribution is 2.14. The highest BCUT2D eigenvalue weighted by Gasteiger charge is 2.05. The van der Waals surface area contributed by atoms with Crippen molar-refractivity contribution in [1.82, 2.24) is 10.6 Å². The number of benzene rings is 1. The summed E-state index contributed by atoms with van der Waals surface area (Å²) in [6.07, 6.45) is 1.78. The van der Waals surface area contributed by atoms with Gasteiger partial charge in [-0.25, -0.2) is 0 Å². The molecular formula is C17H20N2O. The number of likely N-dealkylation sites (N-methyl/N-ethyl adjacent to an activating group) is 1. The summed E-state index contributed by atoms with van der Waals surface area (Å²) in [5, 5.41) is 5.69. The predicted octanol–water partition coefficient (Wildman–Crippen LogP) is 2.65. The topological polar surface area (TPSA) is 41.1 Å². The smallest absolute Gasteiger partial charge is 0.247 e. The Morgan fingerprint density at radius 1 is 1.35 bits per heavy atom. The largest absolute Gasteiger partial charge is 0.384 e. The molecule has 0 aliphatic rings. The normalized spacial score (nSPS) is 10.4. The molecule has 0 bridgehead atoms. The molecule has 0 unspecified atom stereocenters. The standard InChI is InChI=1S/C17H20N2O/c1-5-16(18-4)12-19-17(20)14(3)11-13(2)15-9-7-6-8-10-15/h6-11,18H,1-2,12H2,3-4H3,(H,19,20)/b14-11+. The molecule has 0 aliphatic carbocycles. The van der Waals surface area contributed by atoms with E-state index in [1.54, 1.807) is 20.0 Å². The molecule has 1 aromatic carbocycles. The molecule has 104 valence electrons. The van der Waals surface area contributed by atoms with Gasteiger partial charge >= 0.3 is 0 Å². The average Bonchev–Trinajstić information content (AvgIpc) is 2.48. The lowest BCUT2D eigenvalue weighted by molar-refractivity contribution is -0.117. The maximum atomic E-state index is 11.9. The van der Waals surface area contributed by atoms with Crippen molar-refractivity contribution in [2.45, 2.75) is 6.92 Å². The van der Waals surface area contributed by atoms with Gasteiger partial charge in [-0.1, -0.05) is 43.5 Å². The Bertz CT molecular complexity index is 564. The van der Waals surface area contributed by atoms with E-state index in [0.29, 0.717) is 12.1 Å². The molecule has 0 fully saturated rings. The quantitative estimate of drug-likeness (QED) is 0.473. The molecule has 0 saturated carbocycles. The number of nitrogens with one attached hydrogen (secondary N) is 2. The van der Waals surface area contributed by atoms with Gasteiger partial charge in [0.2, 0.25) is 5.91 Å². The summed E-state index contributed by atoms with van der Waals surface area (Å²) < 4.78 is 0. The summed E-state index contributed by atoms with van der Waals surface area (Å²) in [5.41, 5.74) is 5.88. The van der Waals surface area contributed by atoms with Gasteiger partial charge in [0.25, 0.3) is 0 Å². The minimum Gasteiger partial charge on any atom is -0.384 e. The molecule has 3 heteroatoms. The van der Waals surface area contributed by atoms with Crippen LogP contribution in [-0.4, -0.2) is 19.5 Å². The van der Waals surface area contributed by atoms with Crippen molar-refractivity contribution in [1.29, 1.82) is 0 Å². The Hall–Kier alpha value is -2.51. The van der Waals surface area contributed by atoms with Gasteiger partial charge in [0.15, 0.2) is 0 Å². The summed E-state index contributed by atoms with van der Waals surface area (Å²) in [6, 6.07) is 9.75. The fourth-order valence-corrected chi connectivity index (χ4v) is 1.61. The maximum absolute atomic E-state index is 11.9. The number of allylic oxidation sites excluding steroid dienone is 2. The summed E-state index contributed by atoms with van der Waals surface area (Å²) in [7, 11) is 1.76. The van der Waals surface area contributed by atoms with Crippen molar-refractivity contribution in [3.05, 3.63) is 72.1 Å². The van der Waals surface area contributed by atoms with Crippen LogP contribution in [0.1, 0.15) is 12.5 Å². The first-order valence-corrected chi connectivity index (χ1v) is 6.36. The lowest BCUT2D eigenvalue weighted by Crippen LogP contribution is -2.29. The van der Waals surface area contributed by atoms with E-state index >= 15 is 0 Å². The Morgan fingerprint density at radius 3 is 2.55 bits per heavy atom. The molecule has 0 aliphatic heterocycles. The molecule has 2 N–H and O–H groups in total. The zero-order valence-corrected chi connectivity index (χ0v) is 12.0. The minimum atomic E-state index is -0.134. The first kappa shape index (κ1) is 15.5. The molecule has 0 saturated heterocycles. The molecule has 0 radical (unpaired) electrons. The number of carbonyl (C=O) groups is 1. The third kappa shape index (κ3) is 4.63. The molecule has 0 spiro atoms. The zero-order valence-electron chi connectivity index (χ0n) is 12.0. The van der Waals surface area contributed by atoms with Crippen LogP contribution in [-0.2, 0) is 4.79 Å². The van der Waals surface area contributed by atoms with Crippen molar-refractivity contribution in [2.24, 2.45) is 0 Å². The zero-order chi connectivity index (χ0) is 15.0. The molecule has 3 nitrogen and oxygen atoms in total. The van der Waals surface area contributed by atoms with Crippen LogP contribution in [0.4, 0.5) is 0 Å². The first-order chi connectivity index (χ1) is 9.58. The Labute approximate surface area is 120 Å². The maximum Gasteiger partial charge on any atom is 0.247 e. The van der Waals surface area contributed by atoms with Crippen molar-refractivity contribution < 1.29 is 4.79 Å². The molecule has 1 aromatic rings. The summed E-state index contributed by atoms with van der Waals surface area (Å²) in [4.78, 5) is 11.9. The van der Waals surface area contributed by atoms with E-state index in [-0.39, 0.29) is 5.91 Å². The van der Waals surface area contributed by atoms with Gasteiger partial charge in [-0.05, 0) is 24.1 Å². The number of amides is 1. The summed E-state index contributed by atoms with van der Waals surface area (Å²) >= 11 is 0.